The van der Waals surface area contributed by atoms with E-state index in [1.807, 2.05) is 29.2 Å². The first-order valence-corrected chi connectivity index (χ1v) is 13.8. The van der Waals surface area contributed by atoms with E-state index in [1.54, 1.807) is 4.90 Å². The molecular formula is C30H38F3N3O2. The van der Waals surface area contributed by atoms with Gasteiger partial charge in [0.15, 0.2) is 0 Å². The van der Waals surface area contributed by atoms with E-state index in [1.165, 1.54) is 0 Å². The molecule has 206 valence electrons. The van der Waals surface area contributed by atoms with Crippen LogP contribution in [0.3, 0.4) is 0 Å². The number of hydrogen-bond acceptors (Lipinski definition) is 4. The van der Waals surface area contributed by atoms with Crippen molar-refractivity contribution in [3.05, 3.63) is 54.1 Å². The minimum absolute atomic E-state index is 0.0421. The van der Waals surface area contributed by atoms with Gasteiger partial charge in [-0.25, -0.2) is 0 Å². The predicted molar refractivity (Wildman–Crippen MR) is 143 cm³/mol. The summed E-state index contributed by atoms with van der Waals surface area (Å²) in [5.41, 5.74) is 2.32. The zero-order valence-electron chi connectivity index (χ0n) is 22.1. The Bertz CT molecular complexity index is 1090. The van der Waals surface area contributed by atoms with Gasteiger partial charge in [-0.2, -0.15) is 13.2 Å². The van der Waals surface area contributed by atoms with Crippen LogP contribution < -0.4 is 4.90 Å². The van der Waals surface area contributed by atoms with Crippen molar-refractivity contribution in [1.82, 2.24) is 9.80 Å². The number of likely N-dealkylation sites (tertiary alicyclic amines) is 2. The fraction of sp³-hybridized carbons (Fsp3) is 0.567. The van der Waals surface area contributed by atoms with Gasteiger partial charge in [-0.3, -0.25) is 4.79 Å². The molecule has 0 unspecified atom stereocenters. The van der Waals surface area contributed by atoms with E-state index < -0.39 is 17.7 Å². The largest absolute Gasteiger partial charge is 0.395 e. The van der Waals surface area contributed by atoms with Crippen LogP contribution in [0, 0.1) is 5.41 Å². The first-order chi connectivity index (χ1) is 18.1. The third kappa shape index (κ3) is 5.57. The number of carbonyl (C=O) groups excluding carboxylic acids is 1. The average Bonchev–Trinajstić information content (AvgIpc) is 2.90. The SMILES string of the molecule is CN(c1ccc(-c2ccc(C(=O)N3CCC[C@H](O)C3)cc2)cc1)C1CCN(CC2(C(F)(F)F)CCC2)CC1. The van der Waals surface area contributed by atoms with Crippen molar-refractivity contribution in [2.45, 2.75) is 63.3 Å². The minimum atomic E-state index is -4.10. The lowest BCUT2D eigenvalue weighted by atomic mass is 9.67. The van der Waals surface area contributed by atoms with E-state index in [0.717, 1.165) is 42.5 Å². The second-order valence-electron chi connectivity index (χ2n) is 11.4. The number of anilines is 1. The van der Waals surface area contributed by atoms with Gasteiger partial charge < -0.3 is 19.8 Å². The molecule has 2 heterocycles. The van der Waals surface area contributed by atoms with Crippen molar-refractivity contribution in [2.24, 2.45) is 5.41 Å². The van der Waals surface area contributed by atoms with Gasteiger partial charge in [-0.05, 0) is 73.9 Å². The molecule has 0 radical (unpaired) electrons. The molecule has 1 aliphatic carbocycles. The number of piperidine rings is 2. The average molecular weight is 530 g/mol. The van der Waals surface area contributed by atoms with Crippen LogP contribution >= 0.6 is 0 Å². The van der Waals surface area contributed by atoms with E-state index in [0.29, 0.717) is 44.2 Å². The summed E-state index contributed by atoms with van der Waals surface area (Å²) in [4.78, 5) is 18.8. The molecule has 5 rings (SSSR count). The summed E-state index contributed by atoms with van der Waals surface area (Å²) in [7, 11) is 2.07. The van der Waals surface area contributed by atoms with Crippen molar-refractivity contribution in [2.75, 3.05) is 44.7 Å². The Morgan fingerprint density at radius 3 is 2.08 bits per heavy atom. The summed E-state index contributed by atoms with van der Waals surface area (Å²) in [6.07, 6.45) is -0.0437. The number of alkyl halides is 3. The molecule has 8 heteroatoms. The van der Waals surface area contributed by atoms with Crippen LogP contribution in [0.5, 0.6) is 0 Å². The van der Waals surface area contributed by atoms with E-state index in [4.69, 9.17) is 0 Å². The number of rotatable bonds is 6. The lowest BCUT2D eigenvalue weighted by molar-refractivity contribution is -0.256. The van der Waals surface area contributed by atoms with Crippen molar-refractivity contribution < 1.29 is 23.1 Å². The second kappa shape index (κ2) is 10.9. The zero-order chi connectivity index (χ0) is 26.9. The standard InChI is InChI=1S/C30H38F3N3O2/c1-34(26-13-18-35(19-14-26)21-29(15-3-16-29)30(31,32)33)25-11-9-23(10-12-25)22-5-7-24(8-6-22)28(38)36-17-2-4-27(37)20-36/h5-12,26-27,37H,2-4,13-21H2,1H3/t27-/m0/s1. The zero-order valence-corrected chi connectivity index (χ0v) is 22.1. The molecule has 2 aromatic carbocycles. The van der Waals surface area contributed by atoms with Crippen molar-refractivity contribution in [1.29, 1.82) is 0 Å². The highest BCUT2D eigenvalue weighted by atomic mass is 19.4. The second-order valence-corrected chi connectivity index (χ2v) is 11.4. The quantitative estimate of drug-likeness (QED) is 0.531. The van der Waals surface area contributed by atoms with Crippen molar-refractivity contribution in [3.8, 4) is 11.1 Å². The fourth-order valence-electron chi connectivity index (χ4n) is 6.25. The number of benzene rings is 2. The summed E-state index contributed by atoms with van der Waals surface area (Å²) in [5.74, 6) is -0.0421. The normalized spacial score (nSPS) is 22.7. The maximum Gasteiger partial charge on any atom is 0.395 e. The molecule has 1 amide bonds. The number of amides is 1. The molecule has 3 aliphatic rings. The highest BCUT2D eigenvalue weighted by molar-refractivity contribution is 5.94. The van der Waals surface area contributed by atoms with E-state index in [9.17, 15) is 23.1 Å². The van der Waals surface area contributed by atoms with E-state index in [-0.39, 0.29) is 25.3 Å². The Morgan fingerprint density at radius 2 is 1.55 bits per heavy atom. The molecule has 1 saturated carbocycles. The Morgan fingerprint density at radius 1 is 0.947 bits per heavy atom. The number of nitrogens with zero attached hydrogens (tertiary/aromatic N) is 3. The summed E-state index contributed by atoms with van der Waals surface area (Å²) < 4.78 is 40.7. The smallest absolute Gasteiger partial charge is 0.391 e. The van der Waals surface area contributed by atoms with Gasteiger partial charge in [0, 0.05) is 57.1 Å². The molecule has 38 heavy (non-hydrogen) atoms. The Hall–Kier alpha value is -2.58. The molecule has 2 saturated heterocycles. The van der Waals surface area contributed by atoms with Crippen LogP contribution in [0.25, 0.3) is 11.1 Å². The summed E-state index contributed by atoms with van der Waals surface area (Å²) in [5, 5.41) is 9.87. The number of halogens is 3. The fourth-order valence-corrected chi connectivity index (χ4v) is 6.25. The maximum absolute atomic E-state index is 13.6. The summed E-state index contributed by atoms with van der Waals surface area (Å²) in [6, 6.07) is 16.2. The molecule has 0 bridgehead atoms. The molecule has 2 aliphatic heterocycles. The topological polar surface area (TPSA) is 47.0 Å². The van der Waals surface area contributed by atoms with Gasteiger partial charge in [0.1, 0.15) is 0 Å². The van der Waals surface area contributed by atoms with Crippen LogP contribution in [-0.2, 0) is 0 Å². The van der Waals surface area contributed by atoms with Gasteiger partial charge in [0.05, 0.1) is 11.5 Å². The number of hydrogen-bond donors (Lipinski definition) is 1. The molecular weight excluding hydrogens is 491 g/mol. The van der Waals surface area contributed by atoms with E-state index >= 15 is 0 Å². The van der Waals surface area contributed by atoms with Crippen molar-refractivity contribution in [3.63, 3.8) is 0 Å². The molecule has 5 nitrogen and oxygen atoms in total. The minimum Gasteiger partial charge on any atom is -0.391 e. The Balaban J connectivity index is 1.15. The monoisotopic (exact) mass is 529 g/mol. The molecule has 3 fully saturated rings. The Kier molecular flexibility index (Phi) is 7.74. The van der Waals surface area contributed by atoms with E-state index in [2.05, 4.69) is 36.2 Å². The number of aliphatic hydroxyl groups excluding tert-OH is 1. The summed E-state index contributed by atoms with van der Waals surface area (Å²) >= 11 is 0. The number of aliphatic hydroxyl groups is 1. The van der Waals surface area contributed by atoms with Crippen LogP contribution in [0.15, 0.2) is 48.5 Å². The summed E-state index contributed by atoms with van der Waals surface area (Å²) in [6.45, 7) is 2.62. The molecule has 1 atom stereocenters. The third-order valence-corrected chi connectivity index (χ3v) is 8.97. The first kappa shape index (κ1) is 27.0. The van der Waals surface area contributed by atoms with Crippen LogP contribution in [0.2, 0.25) is 0 Å². The Labute approximate surface area is 223 Å². The maximum atomic E-state index is 13.6. The third-order valence-electron chi connectivity index (χ3n) is 8.97. The van der Waals surface area contributed by atoms with Gasteiger partial charge in [-0.15, -0.1) is 0 Å². The molecule has 0 aromatic heterocycles. The number of carbonyl (C=O) groups is 1. The predicted octanol–water partition coefficient (Wildman–Crippen LogP) is 5.58. The van der Waals surface area contributed by atoms with Crippen LogP contribution in [0.4, 0.5) is 18.9 Å². The van der Waals surface area contributed by atoms with Crippen LogP contribution in [0.1, 0.15) is 55.3 Å². The van der Waals surface area contributed by atoms with Gasteiger partial charge in [0.25, 0.3) is 5.91 Å². The molecule has 1 N–H and O–H groups in total. The highest BCUT2D eigenvalue weighted by Crippen LogP contribution is 2.53. The van der Waals surface area contributed by atoms with Crippen LogP contribution in [-0.4, -0.2) is 78.9 Å². The van der Waals surface area contributed by atoms with Gasteiger partial charge in [0.2, 0.25) is 0 Å². The number of β-amino-alcohol motifs (C(OH)–C–C–N with tert-alkyl or cyclic N) is 1. The van der Waals surface area contributed by atoms with Gasteiger partial charge in [-0.1, -0.05) is 30.7 Å². The highest BCUT2D eigenvalue weighted by Gasteiger charge is 2.58. The lowest BCUT2D eigenvalue weighted by Gasteiger charge is -2.48. The molecule has 2 aromatic rings. The van der Waals surface area contributed by atoms with Crippen molar-refractivity contribution >= 4 is 11.6 Å². The molecule has 0 spiro atoms. The lowest BCUT2D eigenvalue weighted by Crippen LogP contribution is -2.54. The van der Waals surface area contributed by atoms with Gasteiger partial charge >= 0.3 is 6.18 Å². The first-order valence-electron chi connectivity index (χ1n) is 13.8.